The van der Waals surface area contributed by atoms with Gasteiger partial charge >= 0.3 is 0 Å². The van der Waals surface area contributed by atoms with Crippen molar-refractivity contribution in [2.24, 2.45) is 0 Å². The highest BCUT2D eigenvalue weighted by Gasteiger charge is 2.19. The summed E-state index contributed by atoms with van der Waals surface area (Å²) in [6.45, 7) is 0. The maximum atomic E-state index is 13.0. The van der Waals surface area contributed by atoms with Gasteiger partial charge in [-0.05, 0) is 37.0 Å². The highest BCUT2D eigenvalue weighted by molar-refractivity contribution is 5.98. The number of hydrogen-bond donors (Lipinski definition) is 2. The lowest BCUT2D eigenvalue weighted by atomic mass is 10.0. The van der Waals surface area contributed by atoms with Crippen molar-refractivity contribution >= 4 is 10.5 Å². The predicted molar refractivity (Wildman–Crippen MR) is 71.3 cm³/mol. The summed E-state index contributed by atoms with van der Waals surface area (Å²) in [7, 11) is 0.246. The van der Waals surface area contributed by atoms with Crippen molar-refractivity contribution in [2.45, 2.75) is 44.5 Å². The van der Waals surface area contributed by atoms with Crippen LogP contribution in [-0.2, 0) is 10.8 Å². The van der Waals surface area contributed by atoms with Crippen molar-refractivity contribution in [3.05, 3.63) is 35.1 Å². The van der Waals surface area contributed by atoms with Gasteiger partial charge in [-0.25, -0.2) is 13.2 Å². The molecule has 3 nitrogen and oxygen atoms in total. The topological polar surface area (TPSA) is 49.7 Å². The molecule has 1 aromatic carbocycles. The molecule has 0 saturated carbocycles. The number of hydrogen-bond acceptors (Lipinski definition) is 3. The van der Waals surface area contributed by atoms with Crippen LogP contribution in [0.25, 0.3) is 0 Å². The van der Waals surface area contributed by atoms with Crippen LogP contribution in [0.2, 0.25) is 0 Å². The molecule has 2 N–H and O–H groups in total. The van der Waals surface area contributed by atoms with Crippen LogP contribution in [0.15, 0.2) is 12.1 Å². The minimum Gasteiger partial charge on any atom is -0.381 e. The number of benzene rings is 1. The van der Waals surface area contributed by atoms with Gasteiger partial charge in [0.2, 0.25) is 0 Å². The van der Waals surface area contributed by atoms with E-state index >= 15 is 0 Å². The third-order valence-corrected chi connectivity index (χ3v) is 3.74. The second kappa shape index (κ2) is 7.77. The van der Waals surface area contributed by atoms with Gasteiger partial charge in [0.1, 0.15) is 0 Å². The zero-order valence-corrected chi connectivity index (χ0v) is 13.3. The van der Waals surface area contributed by atoms with Crippen LogP contribution in [0, 0.1) is 17.5 Å². The van der Waals surface area contributed by atoms with Gasteiger partial charge in [0, 0.05) is 6.42 Å². The smallest absolute Gasteiger partial charge is 0.267 e. The quantitative estimate of drug-likeness (QED) is 0.331. The Balaban J connectivity index is 2.25. The minimum atomic E-state index is -2.03. The van der Waals surface area contributed by atoms with Crippen LogP contribution in [0.4, 0.5) is 13.2 Å². The van der Waals surface area contributed by atoms with E-state index in [9.17, 15) is 23.4 Å². The summed E-state index contributed by atoms with van der Waals surface area (Å²) in [4.78, 5) is 0. The molecule has 0 atom stereocenters. The van der Waals surface area contributed by atoms with Gasteiger partial charge in [-0.1, -0.05) is 12.8 Å². The van der Waals surface area contributed by atoms with Crippen molar-refractivity contribution in [2.75, 3.05) is 0 Å². The number of halogens is 3. The summed E-state index contributed by atoms with van der Waals surface area (Å²) in [6.07, 6.45) is 3.39. The first kappa shape index (κ1) is 17.2. The molecule has 0 aliphatic carbocycles. The molecule has 0 saturated heterocycles. The first-order chi connectivity index (χ1) is 9.35. The van der Waals surface area contributed by atoms with Gasteiger partial charge in [0.15, 0.2) is 27.9 Å². The monoisotopic (exact) mass is 308 g/mol. The highest BCUT2D eigenvalue weighted by atomic mass is 28.2. The molecule has 0 fully saturated rings. The van der Waals surface area contributed by atoms with E-state index in [-0.39, 0.29) is 16.9 Å². The van der Waals surface area contributed by atoms with Gasteiger partial charge in [-0.15, -0.1) is 0 Å². The summed E-state index contributed by atoms with van der Waals surface area (Å²) < 4.78 is 43.2. The third kappa shape index (κ3) is 5.62. The van der Waals surface area contributed by atoms with E-state index < -0.39 is 23.4 Å². The molecule has 7 heteroatoms. The Bertz CT molecular complexity index is 418. The maximum absolute atomic E-state index is 13.0. The summed E-state index contributed by atoms with van der Waals surface area (Å²) >= 11 is 0. The predicted octanol–water partition coefficient (Wildman–Crippen LogP) is 1.53. The Hall–Kier alpha value is -0.893. The number of unbranched alkanes of at least 4 members (excludes halogenated alkanes) is 3. The van der Waals surface area contributed by atoms with Crippen LogP contribution in [0.3, 0.4) is 0 Å². The van der Waals surface area contributed by atoms with Gasteiger partial charge in [0.25, 0.3) is 5.97 Å². The van der Waals surface area contributed by atoms with Gasteiger partial charge in [0.05, 0.1) is 0 Å². The van der Waals surface area contributed by atoms with Gasteiger partial charge in [-0.2, -0.15) is 0 Å². The van der Waals surface area contributed by atoms with E-state index in [1.165, 1.54) is 0 Å². The molecule has 0 radical (unpaired) electrons. The second-order valence-corrected chi connectivity index (χ2v) is 5.14. The molecule has 0 spiro atoms. The second-order valence-electron chi connectivity index (χ2n) is 4.73. The molecule has 1 aromatic rings. The molecular formula is C13H19F3O3Si. The fourth-order valence-corrected chi connectivity index (χ4v) is 2.10. The lowest BCUT2D eigenvalue weighted by molar-refractivity contribution is -0.295. The number of rotatable bonds is 8. The molecule has 0 unspecified atom stereocenters. The number of aliphatic hydroxyl groups is 2. The molecule has 0 aromatic heterocycles. The van der Waals surface area contributed by atoms with E-state index in [0.717, 1.165) is 25.0 Å². The van der Waals surface area contributed by atoms with Crippen molar-refractivity contribution in [3.63, 3.8) is 0 Å². The highest BCUT2D eigenvalue weighted by Crippen LogP contribution is 2.17. The van der Waals surface area contributed by atoms with E-state index in [0.29, 0.717) is 24.8 Å². The zero-order chi connectivity index (χ0) is 15.2. The summed E-state index contributed by atoms with van der Waals surface area (Å²) in [5, 5.41) is 18.4. The summed E-state index contributed by atoms with van der Waals surface area (Å²) in [6, 6.07) is 2.00. The maximum Gasteiger partial charge on any atom is 0.267 e. The van der Waals surface area contributed by atoms with Crippen LogP contribution in [0.1, 0.15) is 37.7 Å². The SMILES string of the molecule is OC(O)(CCCCCCc1cc(F)c(F)c(F)c1)O[SiH3]. The largest absolute Gasteiger partial charge is 0.381 e. The third-order valence-electron chi connectivity index (χ3n) is 3.09. The molecule has 20 heavy (non-hydrogen) atoms. The average molecular weight is 308 g/mol. The van der Waals surface area contributed by atoms with Crippen molar-refractivity contribution < 1.29 is 27.8 Å². The molecule has 114 valence electrons. The Labute approximate surface area is 118 Å². The van der Waals surface area contributed by atoms with E-state index in [4.69, 9.17) is 0 Å². The number of aryl methyl sites for hydroxylation is 1. The van der Waals surface area contributed by atoms with Crippen molar-refractivity contribution in [3.8, 4) is 0 Å². The minimum absolute atomic E-state index is 0.135. The van der Waals surface area contributed by atoms with Crippen LogP contribution < -0.4 is 0 Å². The van der Waals surface area contributed by atoms with Crippen LogP contribution in [0.5, 0.6) is 0 Å². The molecule has 0 aliphatic heterocycles. The van der Waals surface area contributed by atoms with Gasteiger partial charge in [-0.3, -0.25) is 0 Å². The van der Waals surface area contributed by atoms with Crippen LogP contribution >= 0.6 is 0 Å². The first-order valence-electron chi connectivity index (χ1n) is 6.49. The standard InChI is InChI=1S/C13H19F3O3Si/c14-10-7-9(8-11(15)12(10)16)5-3-1-2-4-6-13(17,18)19-20/h7-8,17-18H,1-6H2,20H3. The molecule has 0 bridgehead atoms. The zero-order valence-electron chi connectivity index (χ0n) is 11.3. The molecule has 0 heterocycles. The van der Waals surface area contributed by atoms with E-state index in [1.807, 2.05) is 0 Å². The molecule has 0 aliphatic rings. The lowest BCUT2D eigenvalue weighted by Crippen LogP contribution is -2.30. The van der Waals surface area contributed by atoms with Gasteiger partial charge < -0.3 is 14.6 Å². The fourth-order valence-electron chi connectivity index (χ4n) is 1.89. The normalized spacial score (nSPS) is 12.1. The Morgan fingerprint density at radius 3 is 2.10 bits per heavy atom. The molecule has 0 amide bonds. The first-order valence-corrected chi connectivity index (χ1v) is 7.30. The Kier molecular flexibility index (Phi) is 6.67. The van der Waals surface area contributed by atoms with Crippen molar-refractivity contribution in [1.82, 2.24) is 0 Å². The van der Waals surface area contributed by atoms with Crippen LogP contribution in [-0.4, -0.2) is 26.7 Å². The molecular weight excluding hydrogens is 289 g/mol. The Morgan fingerprint density at radius 1 is 1.00 bits per heavy atom. The average Bonchev–Trinajstić information content (AvgIpc) is 2.39. The van der Waals surface area contributed by atoms with E-state index in [1.54, 1.807) is 0 Å². The van der Waals surface area contributed by atoms with Crippen molar-refractivity contribution in [1.29, 1.82) is 0 Å². The Morgan fingerprint density at radius 2 is 1.55 bits per heavy atom. The summed E-state index contributed by atoms with van der Waals surface area (Å²) in [5.41, 5.74) is 0.419. The lowest BCUT2D eigenvalue weighted by Gasteiger charge is -2.19. The fraction of sp³-hybridized carbons (Fsp3) is 0.538. The molecule has 1 rings (SSSR count). The summed E-state index contributed by atoms with van der Waals surface area (Å²) in [5.74, 6) is -5.82. The van der Waals surface area contributed by atoms with E-state index in [2.05, 4.69) is 4.43 Å².